The average molecular weight is 274 g/mol. The Morgan fingerprint density at radius 1 is 1.33 bits per heavy atom. The molecule has 106 valence electrons. The minimum atomic E-state index is -1.80. The second kappa shape index (κ2) is 6.50. The quantitative estimate of drug-likeness (QED) is 0.420. The van der Waals surface area contributed by atoms with Crippen molar-refractivity contribution >= 4 is 14.8 Å². The van der Waals surface area contributed by atoms with Gasteiger partial charge in [-0.05, 0) is 18.1 Å². The van der Waals surface area contributed by atoms with Crippen molar-refractivity contribution in [3.63, 3.8) is 0 Å². The summed E-state index contributed by atoms with van der Waals surface area (Å²) in [5.41, 5.74) is -1.21. The van der Waals surface area contributed by atoms with Crippen LogP contribution in [0.1, 0.15) is 27.2 Å². The van der Waals surface area contributed by atoms with E-state index in [1.165, 1.54) is 6.08 Å². The van der Waals surface area contributed by atoms with Crippen molar-refractivity contribution in [3.05, 3.63) is 12.7 Å². The van der Waals surface area contributed by atoms with Gasteiger partial charge in [0, 0.05) is 13.0 Å². The number of rotatable bonds is 8. The molecule has 0 aliphatic carbocycles. The second-order valence-electron chi connectivity index (χ2n) is 6.07. The first kappa shape index (κ1) is 17.3. The summed E-state index contributed by atoms with van der Waals surface area (Å²) in [5, 5.41) is 10.2. The van der Waals surface area contributed by atoms with Crippen molar-refractivity contribution < 1.29 is 19.1 Å². The molecule has 0 radical (unpaired) electrons. The molecule has 0 amide bonds. The van der Waals surface area contributed by atoms with E-state index in [0.29, 0.717) is 19.5 Å². The van der Waals surface area contributed by atoms with E-state index < -0.39 is 13.9 Å². The molecule has 5 heteroatoms. The van der Waals surface area contributed by atoms with Crippen molar-refractivity contribution in [2.75, 3.05) is 13.2 Å². The Kier molecular flexibility index (Phi) is 6.26. The third-order valence-electron chi connectivity index (χ3n) is 3.59. The number of hydrogen-bond donors (Lipinski definition) is 1. The van der Waals surface area contributed by atoms with Gasteiger partial charge in [0.05, 0.1) is 0 Å². The van der Waals surface area contributed by atoms with Crippen LogP contribution in [0, 0.1) is 0 Å². The lowest BCUT2D eigenvalue weighted by Crippen LogP contribution is -2.42. The van der Waals surface area contributed by atoms with Gasteiger partial charge in [0.15, 0.2) is 8.32 Å². The molecule has 0 saturated carbocycles. The molecule has 0 rings (SSSR count). The summed E-state index contributed by atoms with van der Waals surface area (Å²) in [6, 6.07) is 0. The summed E-state index contributed by atoms with van der Waals surface area (Å²) >= 11 is 0. The van der Waals surface area contributed by atoms with Crippen molar-refractivity contribution in [1.82, 2.24) is 0 Å². The lowest BCUT2D eigenvalue weighted by molar-refractivity contribution is -0.134. The van der Waals surface area contributed by atoms with Gasteiger partial charge in [0.2, 0.25) is 0 Å². The normalized spacial score (nSPS) is 15.9. The summed E-state index contributed by atoms with van der Waals surface area (Å²) in [7, 11) is -1.80. The van der Waals surface area contributed by atoms with E-state index in [2.05, 4.69) is 45.2 Å². The van der Waals surface area contributed by atoms with E-state index in [9.17, 15) is 9.90 Å². The molecule has 0 heterocycles. The molecule has 1 unspecified atom stereocenters. The van der Waals surface area contributed by atoms with Crippen molar-refractivity contribution in [1.29, 1.82) is 0 Å². The fourth-order valence-electron chi connectivity index (χ4n) is 1.11. The number of carbonyl (C=O) groups is 1. The number of aliphatic hydroxyl groups is 1. The van der Waals surface area contributed by atoms with Crippen LogP contribution in [0.5, 0.6) is 0 Å². The molecule has 0 aromatic rings. The summed E-state index contributed by atoms with van der Waals surface area (Å²) in [4.78, 5) is 10.1. The second-order valence-corrected chi connectivity index (χ2v) is 10.9. The molecular formula is C13H26O4Si. The van der Waals surface area contributed by atoms with Crippen LogP contribution in [-0.2, 0) is 14.0 Å². The lowest BCUT2D eigenvalue weighted by Gasteiger charge is -2.37. The van der Waals surface area contributed by atoms with Gasteiger partial charge >= 0.3 is 0 Å². The Labute approximate surface area is 111 Å². The van der Waals surface area contributed by atoms with E-state index in [0.717, 1.165) is 0 Å². The highest BCUT2D eigenvalue weighted by molar-refractivity contribution is 6.74. The molecule has 1 atom stereocenters. The highest BCUT2D eigenvalue weighted by atomic mass is 28.4. The number of carbonyl (C=O) groups excluding carboxylic acids is 1. The fourth-order valence-corrected chi connectivity index (χ4v) is 2.16. The first-order chi connectivity index (χ1) is 8.08. The van der Waals surface area contributed by atoms with Crippen molar-refractivity contribution in [2.45, 2.75) is 50.9 Å². The number of hydrogen-bond acceptors (Lipinski definition) is 4. The zero-order valence-electron chi connectivity index (χ0n) is 12.2. The molecule has 0 saturated heterocycles. The van der Waals surface area contributed by atoms with Crippen LogP contribution in [0.4, 0.5) is 0 Å². The highest BCUT2D eigenvalue weighted by Gasteiger charge is 2.37. The molecule has 0 bridgehead atoms. The molecule has 0 aromatic heterocycles. The maximum Gasteiger partial charge on any atom is 0.293 e. The molecule has 0 fully saturated rings. The molecule has 0 aromatic carbocycles. The van der Waals surface area contributed by atoms with Crippen LogP contribution in [0.3, 0.4) is 0 Å². The van der Waals surface area contributed by atoms with E-state index in [-0.39, 0.29) is 11.6 Å². The topological polar surface area (TPSA) is 55.8 Å². The van der Waals surface area contributed by atoms with Gasteiger partial charge in [0.1, 0.15) is 12.2 Å². The van der Waals surface area contributed by atoms with Crippen molar-refractivity contribution in [2.24, 2.45) is 0 Å². The van der Waals surface area contributed by atoms with E-state index >= 15 is 0 Å². The Balaban J connectivity index is 4.31. The van der Waals surface area contributed by atoms with Gasteiger partial charge in [-0.1, -0.05) is 26.8 Å². The molecule has 4 nitrogen and oxygen atoms in total. The maximum absolute atomic E-state index is 10.1. The van der Waals surface area contributed by atoms with Gasteiger partial charge in [-0.25, -0.2) is 0 Å². The summed E-state index contributed by atoms with van der Waals surface area (Å²) in [6.45, 7) is 15.0. The first-order valence-corrected chi connectivity index (χ1v) is 9.04. The van der Waals surface area contributed by atoms with Crippen LogP contribution < -0.4 is 0 Å². The Morgan fingerprint density at radius 2 is 1.89 bits per heavy atom. The highest BCUT2D eigenvalue weighted by Crippen LogP contribution is 2.36. The van der Waals surface area contributed by atoms with E-state index in [1.807, 2.05) is 0 Å². The van der Waals surface area contributed by atoms with E-state index in [4.69, 9.17) is 4.43 Å². The zero-order chi connectivity index (χ0) is 14.4. The van der Waals surface area contributed by atoms with Gasteiger partial charge in [-0.2, -0.15) is 0 Å². The van der Waals surface area contributed by atoms with Crippen LogP contribution in [0.15, 0.2) is 12.7 Å². The summed E-state index contributed by atoms with van der Waals surface area (Å²) in [6.07, 6.45) is 1.77. The van der Waals surface area contributed by atoms with Crippen LogP contribution in [-0.4, -0.2) is 38.7 Å². The molecule has 1 N–H and O–H groups in total. The van der Waals surface area contributed by atoms with Gasteiger partial charge in [-0.15, -0.1) is 6.58 Å². The molecule has 0 spiro atoms. The van der Waals surface area contributed by atoms with Gasteiger partial charge in [-0.3, -0.25) is 4.79 Å². The van der Waals surface area contributed by atoms with Crippen LogP contribution in [0.25, 0.3) is 0 Å². The summed E-state index contributed by atoms with van der Waals surface area (Å²) < 4.78 is 10.6. The third-order valence-corrected chi connectivity index (χ3v) is 8.12. The van der Waals surface area contributed by atoms with Crippen LogP contribution in [0.2, 0.25) is 18.1 Å². The average Bonchev–Trinajstić information content (AvgIpc) is 2.24. The lowest BCUT2D eigenvalue weighted by atomic mass is 10.0. The Bertz CT molecular complexity index is 283. The largest absolute Gasteiger partial charge is 0.464 e. The van der Waals surface area contributed by atoms with Gasteiger partial charge in [0.25, 0.3) is 6.47 Å². The first-order valence-electron chi connectivity index (χ1n) is 6.13. The molecule has 0 aliphatic heterocycles. The minimum Gasteiger partial charge on any atom is -0.464 e. The summed E-state index contributed by atoms with van der Waals surface area (Å²) in [5.74, 6) is 0. The Morgan fingerprint density at radius 3 is 2.28 bits per heavy atom. The maximum atomic E-state index is 10.1. The monoisotopic (exact) mass is 274 g/mol. The Hall–Kier alpha value is -0.653. The SMILES string of the molecule is C=CC(O)(CCO[Si](C)(C)C(C)(C)C)COC=O. The predicted octanol–water partition coefficient (Wildman–Crippen LogP) is 2.49. The third kappa shape index (κ3) is 5.33. The standard InChI is InChI=1S/C13H26O4Si/c1-7-13(15,10-16-11-14)8-9-17-18(5,6)12(2,3)4/h7,11,15H,1,8-10H2,2-6H3. The van der Waals surface area contributed by atoms with E-state index in [1.54, 1.807) is 0 Å². The molecule has 0 aliphatic rings. The van der Waals surface area contributed by atoms with Crippen LogP contribution >= 0.6 is 0 Å². The predicted molar refractivity (Wildman–Crippen MR) is 74.9 cm³/mol. The van der Waals surface area contributed by atoms with Gasteiger partial charge < -0.3 is 14.3 Å². The molecule has 18 heavy (non-hydrogen) atoms. The molecular weight excluding hydrogens is 248 g/mol. The zero-order valence-corrected chi connectivity index (χ0v) is 13.2. The van der Waals surface area contributed by atoms with Crippen molar-refractivity contribution in [3.8, 4) is 0 Å². The smallest absolute Gasteiger partial charge is 0.293 e. The fraction of sp³-hybridized carbons (Fsp3) is 0.769. The minimum absolute atomic E-state index is 0.0825. The number of ether oxygens (including phenoxy) is 1.